The number of likely N-dealkylation sites (tertiary alicyclic amines) is 1. The van der Waals surface area contributed by atoms with Crippen LogP contribution < -0.4 is 10.6 Å². The molecule has 0 aromatic rings. The van der Waals surface area contributed by atoms with Crippen LogP contribution in [0.3, 0.4) is 0 Å². The Morgan fingerprint density at radius 2 is 2.00 bits per heavy atom. The summed E-state index contributed by atoms with van der Waals surface area (Å²) in [5, 5.41) is 15.3. The maximum atomic E-state index is 12.1. The molecule has 0 bridgehead atoms. The first kappa shape index (κ1) is 18.5. The molecule has 5 nitrogen and oxygen atoms in total. The van der Waals surface area contributed by atoms with Crippen LogP contribution in [0.2, 0.25) is 0 Å². The molecule has 1 aliphatic heterocycles. The van der Waals surface area contributed by atoms with Crippen LogP contribution in [-0.2, 0) is 0 Å². The summed E-state index contributed by atoms with van der Waals surface area (Å²) >= 11 is 0. The lowest BCUT2D eigenvalue weighted by Crippen LogP contribution is -2.45. The zero-order valence-corrected chi connectivity index (χ0v) is 14.9. The number of aliphatic hydroxyl groups is 1. The molecule has 2 rings (SSSR count). The average molecular weight is 325 g/mol. The molecular formula is C18H35N3O2. The molecule has 2 atom stereocenters. The molecule has 2 fully saturated rings. The average Bonchev–Trinajstić information content (AvgIpc) is 3.15. The summed E-state index contributed by atoms with van der Waals surface area (Å²) in [5.41, 5.74) is 0. The fourth-order valence-corrected chi connectivity index (χ4v) is 4.13. The van der Waals surface area contributed by atoms with E-state index in [-0.39, 0.29) is 18.7 Å². The highest BCUT2D eigenvalue weighted by Gasteiger charge is 2.30. The Morgan fingerprint density at radius 1 is 1.26 bits per heavy atom. The molecule has 1 saturated carbocycles. The number of hydrogen-bond acceptors (Lipinski definition) is 3. The fourth-order valence-electron chi connectivity index (χ4n) is 4.13. The molecule has 1 heterocycles. The van der Waals surface area contributed by atoms with Crippen LogP contribution in [0.5, 0.6) is 0 Å². The van der Waals surface area contributed by atoms with Crippen LogP contribution in [0.15, 0.2) is 0 Å². The summed E-state index contributed by atoms with van der Waals surface area (Å²) in [7, 11) is 0. The number of urea groups is 1. The molecule has 1 aliphatic carbocycles. The van der Waals surface area contributed by atoms with Crippen LogP contribution >= 0.6 is 0 Å². The topological polar surface area (TPSA) is 64.6 Å². The van der Waals surface area contributed by atoms with Gasteiger partial charge in [0.1, 0.15) is 0 Å². The van der Waals surface area contributed by atoms with Crippen molar-refractivity contribution in [2.75, 3.05) is 26.2 Å². The van der Waals surface area contributed by atoms with Crippen LogP contribution in [0.4, 0.5) is 4.79 Å². The lowest BCUT2D eigenvalue weighted by molar-refractivity contribution is 0.219. The molecule has 2 amide bonds. The van der Waals surface area contributed by atoms with E-state index in [1.54, 1.807) is 0 Å². The lowest BCUT2D eigenvalue weighted by atomic mass is 9.94. The Hall–Kier alpha value is -0.810. The molecular weight excluding hydrogens is 290 g/mol. The molecule has 0 aromatic carbocycles. The SMILES string of the molecule is CC(C)CC(CCO)CNC(=O)NC1CCN(C2CCCC2)C1. The quantitative estimate of drug-likeness (QED) is 0.642. The normalized spacial score (nSPS) is 24.3. The highest BCUT2D eigenvalue weighted by Crippen LogP contribution is 2.26. The van der Waals surface area contributed by atoms with Crippen LogP contribution in [0, 0.1) is 11.8 Å². The van der Waals surface area contributed by atoms with Crippen molar-refractivity contribution in [1.82, 2.24) is 15.5 Å². The van der Waals surface area contributed by atoms with Crippen molar-refractivity contribution >= 4 is 6.03 Å². The lowest BCUT2D eigenvalue weighted by Gasteiger charge is -2.24. The van der Waals surface area contributed by atoms with E-state index in [4.69, 9.17) is 5.11 Å². The molecule has 0 aromatic heterocycles. The Labute approximate surface area is 141 Å². The van der Waals surface area contributed by atoms with Gasteiger partial charge in [-0.15, -0.1) is 0 Å². The smallest absolute Gasteiger partial charge is 0.315 e. The second-order valence-electron chi connectivity index (χ2n) is 7.78. The van der Waals surface area contributed by atoms with Crippen LogP contribution in [0.25, 0.3) is 0 Å². The minimum Gasteiger partial charge on any atom is -0.396 e. The zero-order chi connectivity index (χ0) is 16.7. The van der Waals surface area contributed by atoms with Gasteiger partial charge in [-0.05, 0) is 43.9 Å². The first-order valence-electron chi connectivity index (χ1n) is 9.47. The van der Waals surface area contributed by atoms with Gasteiger partial charge < -0.3 is 15.7 Å². The number of amides is 2. The highest BCUT2D eigenvalue weighted by molar-refractivity contribution is 5.74. The first-order chi connectivity index (χ1) is 11.1. The molecule has 0 spiro atoms. The van der Waals surface area contributed by atoms with Gasteiger partial charge in [0.15, 0.2) is 0 Å². The number of nitrogens with one attached hydrogen (secondary N) is 2. The summed E-state index contributed by atoms with van der Waals surface area (Å²) in [6.45, 7) is 7.34. The summed E-state index contributed by atoms with van der Waals surface area (Å²) in [6, 6.07) is 0.997. The predicted molar refractivity (Wildman–Crippen MR) is 93.4 cm³/mol. The number of aliphatic hydroxyl groups excluding tert-OH is 1. The van der Waals surface area contributed by atoms with Crippen molar-refractivity contribution in [3.8, 4) is 0 Å². The minimum atomic E-state index is -0.0463. The molecule has 134 valence electrons. The van der Waals surface area contributed by atoms with Gasteiger partial charge in [-0.25, -0.2) is 4.79 Å². The molecule has 3 N–H and O–H groups in total. The molecule has 2 unspecified atom stereocenters. The third kappa shape index (κ3) is 6.30. The monoisotopic (exact) mass is 325 g/mol. The van der Waals surface area contributed by atoms with Gasteiger partial charge >= 0.3 is 6.03 Å². The number of carbonyl (C=O) groups excluding carboxylic acids is 1. The van der Waals surface area contributed by atoms with Gasteiger partial charge in [-0.2, -0.15) is 0 Å². The second-order valence-corrected chi connectivity index (χ2v) is 7.78. The highest BCUT2D eigenvalue weighted by atomic mass is 16.3. The Morgan fingerprint density at radius 3 is 2.65 bits per heavy atom. The zero-order valence-electron chi connectivity index (χ0n) is 14.9. The van der Waals surface area contributed by atoms with Gasteiger partial charge in [-0.3, -0.25) is 4.90 Å². The summed E-state index contributed by atoms with van der Waals surface area (Å²) in [6.07, 6.45) is 8.25. The number of rotatable bonds is 8. The second kappa shape index (κ2) is 9.48. The van der Waals surface area contributed by atoms with Crippen molar-refractivity contribution in [2.45, 2.75) is 70.9 Å². The van der Waals surface area contributed by atoms with Crippen molar-refractivity contribution < 1.29 is 9.90 Å². The fraction of sp³-hybridized carbons (Fsp3) is 0.944. The standard InChI is InChI=1S/C18H35N3O2/c1-14(2)11-15(8-10-22)12-19-18(23)20-16-7-9-21(13-16)17-5-3-4-6-17/h14-17,22H,3-13H2,1-2H3,(H2,19,20,23). The molecule has 1 saturated heterocycles. The van der Waals surface area contributed by atoms with Crippen molar-refractivity contribution in [3.63, 3.8) is 0 Å². The first-order valence-corrected chi connectivity index (χ1v) is 9.47. The predicted octanol–water partition coefficient (Wildman–Crippen LogP) is 2.35. The van der Waals surface area contributed by atoms with Crippen LogP contribution in [0.1, 0.15) is 58.8 Å². The largest absolute Gasteiger partial charge is 0.396 e. The van der Waals surface area contributed by atoms with E-state index in [0.717, 1.165) is 38.4 Å². The molecule has 5 heteroatoms. The van der Waals surface area contributed by atoms with E-state index < -0.39 is 0 Å². The molecule has 2 aliphatic rings. The maximum Gasteiger partial charge on any atom is 0.315 e. The van der Waals surface area contributed by atoms with Crippen molar-refractivity contribution in [2.24, 2.45) is 11.8 Å². The van der Waals surface area contributed by atoms with E-state index in [0.29, 0.717) is 18.4 Å². The third-order valence-corrected chi connectivity index (χ3v) is 5.29. The number of carbonyl (C=O) groups is 1. The minimum absolute atomic E-state index is 0.0463. The van der Waals surface area contributed by atoms with Gasteiger partial charge in [0.25, 0.3) is 0 Å². The Bertz CT molecular complexity index is 356. The van der Waals surface area contributed by atoms with Crippen LogP contribution in [-0.4, -0.2) is 54.4 Å². The van der Waals surface area contributed by atoms with E-state index in [1.807, 2.05) is 0 Å². The number of hydrogen-bond donors (Lipinski definition) is 3. The third-order valence-electron chi connectivity index (χ3n) is 5.29. The van der Waals surface area contributed by atoms with E-state index in [9.17, 15) is 4.79 Å². The van der Waals surface area contributed by atoms with Gasteiger partial charge in [0.2, 0.25) is 0 Å². The summed E-state index contributed by atoms with van der Waals surface area (Å²) in [5.74, 6) is 0.954. The van der Waals surface area contributed by atoms with Gasteiger partial charge in [0, 0.05) is 38.3 Å². The van der Waals surface area contributed by atoms with E-state index in [1.165, 1.54) is 25.7 Å². The number of nitrogens with zero attached hydrogens (tertiary/aromatic N) is 1. The van der Waals surface area contributed by atoms with E-state index >= 15 is 0 Å². The summed E-state index contributed by atoms with van der Waals surface area (Å²) in [4.78, 5) is 14.7. The molecule has 0 radical (unpaired) electrons. The Kier molecular flexibility index (Phi) is 7.63. The van der Waals surface area contributed by atoms with Gasteiger partial charge in [-0.1, -0.05) is 26.7 Å². The maximum absolute atomic E-state index is 12.1. The summed E-state index contributed by atoms with van der Waals surface area (Å²) < 4.78 is 0. The van der Waals surface area contributed by atoms with Crippen molar-refractivity contribution in [1.29, 1.82) is 0 Å². The molecule has 23 heavy (non-hydrogen) atoms. The van der Waals surface area contributed by atoms with Gasteiger partial charge in [0.05, 0.1) is 0 Å². The van der Waals surface area contributed by atoms with Crippen molar-refractivity contribution in [3.05, 3.63) is 0 Å². The van der Waals surface area contributed by atoms with E-state index in [2.05, 4.69) is 29.4 Å². The Balaban J connectivity index is 1.66.